The first-order valence-corrected chi connectivity index (χ1v) is 11.2. The van der Waals surface area contributed by atoms with Gasteiger partial charge in [0, 0.05) is 36.0 Å². The average Bonchev–Trinajstić information content (AvgIpc) is 2.86. The number of benzene rings is 4. The number of ether oxygens (including phenoxy) is 2. The second kappa shape index (κ2) is 10.7. The number of fused-ring (bicyclic) bond motifs is 2. The van der Waals surface area contributed by atoms with E-state index in [1.807, 2.05) is 60.7 Å². The lowest BCUT2D eigenvalue weighted by Crippen LogP contribution is -2.49. The molecule has 8 heteroatoms. The summed E-state index contributed by atoms with van der Waals surface area (Å²) in [6.07, 6.45) is -3.47. The largest absolute Gasteiger partial charge is 0.448 e. The second-order valence-electron chi connectivity index (χ2n) is 8.09. The Morgan fingerprint density at radius 1 is 0.556 bits per heavy atom. The van der Waals surface area contributed by atoms with Gasteiger partial charge in [-0.15, -0.1) is 0 Å². The summed E-state index contributed by atoms with van der Waals surface area (Å²) < 4.78 is 10.4. The Morgan fingerprint density at radius 2 is 0.917 bits per heavy atom. The fraction of sp³-hybridized carbons (Fsp3) is 0.143. The number of hydrogen-bond acceptors (Lipinski definition) is 6. The molecule has 2 atom stereocenters. The van der Waals surface area contributed by atoms with Gasteiger partial charge in [0.25, 0.3) is 11.8 Å². The summed E-state index contributed by atoms with van der Waals surface area (Å²) in [5, 5.41) is 8.67. The zero-order valence-corrected chi connectivity index (χ0v) is 19.7. The molecule has 2 N–H and O–H groups in total. The first-order valence-electron chi connectivity index (χ1n) is 11.2. The van der Waals surface area contributed by atoms with Crippen LogP contribution in [-0.2, 0) is 28.7 Å². The van der Waals surface area contributed by atoms with E-state index in [-0.39, 0.29) is 0 Å². The first kappa shape index (κ1) is 24.4. The van der Waals surface area contributed by atoms with Crippen LogP contribution in [0.15, 0.2) is 84.9 Å². The monoisotopic (exact) mass is 484 g/mol. The molecular formula is C28H24N2O6. The molecule has 0 aromatic heterocycles. The second-order valence-corrected chi connectivity index (χ2v) is 8.09. The number of amides is 2. The van der Waals surface area contributed by atoms with Crippen molar-refractivity contribution in [3.05, 3.63) is 84.9 Å². The Morgan fingerprint density at radius 3 is 1.31 bits per heavy atom. The van der Waals surface area contributed by atoms with Gasteiger partial charge in [-0.05, 0) is 22.9 Å². The number of esters is 2. The lowest BCUT2D eigenvalue weighted by Gasteiger charge is -2.25. The number of carbonyl (C=O) groups excluding carboxylic acids is 4. The van der Waals surface area contributed by atoms with E-state index in [4.69, 9.17) is 9.47 Å². The van der Waals surface area contributed by atoms with Crippen LogP contribution < -0.4 is 10.6 Å². The Kier molecular flexibility index (Phi) is 7.25. The maximum absolute atomic E-state index is 13.3. The first-order chi connectivity index (χ1) is 17.3. The smallest absolute Gasteiger partial charge is 0.303 e. The van der Waals surface area contributed by atoms with Crippen molar-refractivity contribution in [2.75, 3.05) is 10.6 Å². The van der Waals surface area contributed by atoms with E-state index in [0.29, 0.717) is 11.4 Å². The molecule has 0 unspecified atom stereocenters. The molecule has 0 aliphatic carbocycles. The van der Waals surface area contributed by atoms with Gasteiger partial charge in [0.2, 0.25) is 12.2 Å². The normalized spacial score (nSPS) is 12.4. The Bertz CT molecular complexity index is 1340. The van der Waals surface area contributed by atoms with Crippen molar-refractivity contribution in [3.63, 3.8) is 0 Å². The highest BCUT2D eigenvalue weighted by Gasteiger charge is 2.39. The van der Waals surface area contributed by atoms with Crippen LogP contribution in [0.1, 0.15) is 13.8 Å². The molecule has 0 spiro atoms. The average molecular weight is 485 g/mol. The van der Waals surface area contributed by atoms with Crippen LogP contribution in [0.3, 0.4) is 0 Å². The van der Waals surface area contributed by atoms with E-state index in [1.54, 1.807) is 24.3 Å². The molecule has 4 rings (SSSR count). The summed E-state index contributed by atoms with van der Waals surface area (Å²) in [5.74, 6) is -3.27. The van der Waals surface area contributed by atoms with Crippen molar-refractivity contribution in [2.45, 2.75) is 26.1 Å². The molecule has 4 aromatic rings. The molecule has 0 saturated carbocycles. The van der Waals surface area contributed by atoms with Gasteiger partial charge in [-0.1, -0.05) is 72.8 Å². The Labute approximate surface area is 207 Å². The molecule has 0 aliphatic rings. The van der Waals surface area contributed by atoms with Crippen LogP contribution >= 0.6 is 0 Å². The molecule has 4 aromatic carbocycles. The van der Waals surface area contributed by atoms with Gasteiger partial charge < -0.3 is 20.1 Å². The molecule has 0 aliphatic heterocycles. The van der Waals surface area contributed by atoms with Crippen molar-refractivity contribution in [2.24, 2.45) is 0 Å². The number of hydrogen-bond donors (Lipinski definition) is 2. The summed E-state index contributed by atoms with van der Waals surface area (Å²) >= 11 is 0. The molecular weight excluding hydrogens is 460 g/mol. The van der Waals surface area contributed by atoms with Gasteiger partial charge in [-0.3, -0.25) is 19.2 Å². The molecule has 36 heavy (non-hydrogen) atoms. The summed E-state index contributed by atoms with van der Waals surface area (Å²) in [5.41, 5.74) is 0.901. The van der Waals surface area contributed by atoms with E-state index < -0.39 is 36.0 Å². The lowest BCUT2D eigenvalue weighted by atomic mass is 10.1. The van der Waals surface area contributed by atoms with Gasteiger partial charge in [-0.2, -0.15) is 0 Å². The highest BCUT2D eigenvalue weighted by molar-refractivity contribution is 6.09. The maximum atomic E-state index is 13.3. The zero-order valence-electron chi connectivity index (χ0n) is 19.7. The molecule has 0 saturated heterocycles. The molecule has 182 valence electrons. The zero-order chi connectivity index (χ0) is 25.7. The minimum absolute atomic E-state index is 0.450. The molecule has 0 fully saturated rings. The van der Waals surface area contributed by atoms with Crippen LogP contribution in [0.2, 0.25) is 0 Å². The lowest BCUT2D eigenvalue weighted by molar-refractivity contribution is -0.171. The minimum atomic E-state index is -1.74. The highest BCUT2D eigenvalue weighted by Crippen LogP contribution is 2.25. The van der Waals surface area contributed by atoms with Gasteiger partial charge in [0.05, 0.1) is 0 Å². The van der Waals surface area contributed by atoms with Crippen LogP contribution in [-0.4, -0.2) is 36.0 Å². The molecule has 0 bridgehead atoms. The number of anilines is 2. The topological polar surface area (TPSA) is 111 Å². The quantitative estimate of drug-likeness (QED) is 0.376. The van der Waals surface area contributed by atoms with Gasteiger partial charge in [0.1, 0.15) is 0 Å². The van der Waals surface area contributed by atoms with Crippen molar-refractivity contribution in [1.82, 2.24) is 0 Å². The fourth-order valence-electron chi connectivity index (χ4n) is 3.94. The SMILES string of the molecule is CC(=O)O[C@H](C(=O)Nc1cccc2ccccc12)[C@@H](OC(C)=O)C(=O)Nc1cccc2ccccc12. The third kappa shape index (κ3) is 5.50. The van der Waals surface area contributed by atoms with Gasteiger partial charge in [-0.25, -0.2) is 0 Å². The third-order valence-corrected chi connectivity index (χ3v) is 5.47. The van der Waals surface area contributed by atoms with Crippen LogP contribution in [0.5, 0.6) is 0 Å². The van der Waals surface area contributed by atoms with E-state index in [1.165, 1.54) is 0 Å². The van der Waals surface area contributed by atoms with E-state index >= 15 is 0 Å². The Hall–Kier alpha value is -4.72. The minimum Gasteiger partial charge on any atom is -0.448 e. The predicted molar refractivity (Wildman–Crippen MR) is 136 cm³/mol. The van der Waals surface area contributed by atoms with E-state index in [2.05, 4.69) is 10.6 Å². The van der Waals surface area contributed by atoms with Gasteiger partial charge >= 0.3 is 11.9 Å². The number of carbonyl (C=O) groups is 4. The van der Waals surface area contributed by atoms with Crippen LogP contribution in [0, 0.1) is 0 Å². The van der Waals surface area contributed by atoms with E-state index in [9.17, 15) is 19.2 Å². The van der Waals surface area contributed by atoms with Crippen molar-refractivity contribution in [1.29, 1.82) is 0 Å². The van der Waals surface area contributed by atoms with Crippen LogP contribution in [0.4, 0.5) is 11.4 Å². The molecule has 0 heterocycles. The summed E-state index contributed by atoms with van der Waals surface area (Å²) in [4.78, 5) is 50.4. The third-order valence-electron chi connectivity index (χ3n) is 5.47. The standard InChI is InChI=1S/C28H24N2O6/c1-17(31)35-25(27(33)29-23-15-7-11-19-9-3-5-13-21(19)23)26(36-18(2)32)28(34)30-24-16-8-12-20-10-4-6-14-22(20)24/h3-16,25-26H,1-2H3,(H,29,33)(H,30,34)/t25-,26+. The highest BCUT2D eigenvalue weighted by atomic mass is 16.6. The van der Waals surface area contributed by atoms with Crippen molar-refractivity contribution in [3.8, 4) is 0 Å². The molecule has 0 radical (unpaired) electrons. The predicted octanol–water partition coefficient (Wildman–Crippen LogP) is 4.43. The van der Waals surface area contributed by atoms with E-state index in [0.717, 1.165) is 35.4 Å². The van der Waals surface area contributed by atoms with Gasteiger partial charge in [0.15, 0.2) is 0 Å². The Balaban J connectivity index is 1.66. The summed E-state index contributed by atoms with van der Waals surface area (Å²) in [6, 6.07) is 25.4. The number of nitrogens with one attached hydrogen (secondary N) is 2. The summed E-state index contributed by atoms with van der Waals surface area (Å²) in [7, 11) is 0. The summed E-state index contributed by atoms with van der Waals surface area (Å²) in [6.45, 7) is 2.21. The van der Waals surface area contributed by atoms with Crippen molar-refractivity contribution < 1.29 is 28.7 Å². The van der Waals surface area contributed by atoms with Crippen molar-refractivity contribution >= 4 is 56.7 Å². The van der Waals surface area contributed by atoms with Crippen LogP contribution in [0.25, 0.3) is 21.5 Å². The molecule has 8 nitrogen and oxygen atoms in total. The number of rotatable bonds is 7. The fourth-order valence-corrected chi connectivity index (χ4v) is 3.94. The molecule has 2 amide bonds. The maximum Gasteiger partial charge on any atom is 0.303 e.